The van der Waals surface area contributed by atoms with E-state index in [-0.39, 0.29) is 20.2 Å². The van der Waals surface area contributed by atoms with Crippen LogP contribution in [0.5, 0.6) is 0 Å². The van der Waals surface area contributed by atoms with E-state index in [1.165, 1.54) is 19.1 Å². The molecule has 1 aliphatic heterocycles. The highest BCUT2D eigenvalue weighted by molar-refractivity contribution is 5.70. The molecule has 1 fully saturated rings. The van der Waals surface area contributed by atoms with Crippen LogP contribution in [-0.2, 0) is 33.2 Å². The number of methoxy groups -OCH3 is 2. The van der Waals surface area contributed by atoms with E-state index in [1.54, 1.807) is 34.6 Å². The second-order valence-electron chi connectivity index (χ2n) is 7.39. The third-order valence-electron chi connectivity index (χ3n) is 3.70. The molecule has 0 spiro atoms. The highest BCUT2D eigenvalue weighted by Crippen LogP contribution is 2.33. The Labute approximate surface area is 154 Å². The average molecular weight is 377 g/mol. The summed E-state index contributed by atoms with van der Waals surface area (Å²) >= 11 is 0. The average Bonchev–Trinajstić information content (AvgIpc) is 2.84. The summed E-state index contributed by atoms with van der Waals surface area (Å²) in [5.74, 6) is 0. The van der Waals surface area contributed by atoms with Crippen molar-refractivity contribution < 1.29 is 38.0 Å². The van der Waals surface area contributed by atoms with Crippen molar-refractivity contribution in [1.82, 2.24) is 4.90 Å². The first-order valence-corrected chi connectivity index (χ1v) is 8.40. The molecule has 1 saturated heterocycles. The summed E-state index contributed by atoms with van der Waals surface area (Å²) in [6.07, 6.45) is -1.75. The standard InChI is InChI=1S/C17H31NO8/c1-16(2,3)26-15(20)18-12(9-25-17(18,4)5)14(24-11-22-7)13(8-19)23-10-21-6/h8,12-14H,9-11H2,1-7H3/t12-,13-,14-/m0/s1. The molecule has 1 amide bonds. The van der Waals surface area contributed by atoms with Crippen molar-refractivity contribution in [1.29, 1.82) is 0 Å². The summed E-state index contributed by atoms with van der Waals surface area (Å²) in [7, 11) is 2.91. The van der Waals surface area contributed by atoms with Gasteiger partial charge in [0.05, 0.1) is 12.6 Å². The molecule has 0 unspecified atom stereocenters. The Hall–Kier alpha value is -1.26. The van der Waals surface area contributed by atoms with Crippen LogP contribution in [0.4, 0.5) is 4.79 Å². The van der Waals surface area contributed by atoms with Crippen LogP contribution in [0.25, 0.3) is 0 Å². The summed E-state index contributed by atoms with van der Waals surface area (Å²) in [6.45, 7) is 8.80. The molecule has 9 nitrogen and oxygen atoms in total. The van der Waals surface area contributed by atoms with Crippen molar-refractivity contribution in [3.05, 3.63) is 0 Å². The lowest BCUT2D eigenvalue weighted by Crippen LogP contribution is -2.57. The van der Waals surface area contributed by atoms with Crippen LogP contribution in [0, 0.1) is 0 Å². The maximum atomic E-state index is 12.8. The van der Waals surface area contributed by atoms with Gasteiger partial charge in [-0.3, -0.25) is 4.90 Å². The lowest BCUT2D eigenvalue weighted by Gasteiger charge is -2.38. The van der Waals surface area contributed by atoms with Crippen LogP contribution in [0.1, 0.15) is 34.6 Å². The number of carbonyl (C=O) groups is 2. The van der Waals surface area contributed by atoms with E-state index < -0.39 is 35.7 Å². The molecule has 0 bridgehead atoms. The van der Waals surface area contributed by atoms with Crippen LogP contribution in [0.2, 0.25) is 0 Å². The van der Waals surface area contributed by atoms with Crippen LogP contribution < -0.4 is 0 Å². The molecule has 1 heterocycles. The largest absolute Gasteiger partial charge is 0.444 e. The quantitative estimate of drug-likeness (QED) is 0.441. The van der Waals surface area contributed by atoms with Crippen molar-refractivity contribution in [3.63, 3.8) is 0 Å². The molecule has 9 heteroatoms. The van der Waals surface area contributed by atoms with E-state index in [9.17, 15) is 9.59 Å². The Morgan fingerprint density at radius 2 is 1.81 bits per heavy atom. The molecular weight excluding hydrogens is 346 g/mol. The van der Waals surface area contributed by atoms with Gasteiger partial charge in [0.1, 0.15) is 37.1 Å². The Kier molecular flexibility index (Phi) is 8.42. The first-order valence-electron chi connectivity index (χ1n) is 8.40. The topological polar surface area (TPSA) is 92.8 Å². The zero-order chi connectivity index (χ0) is 20.0. The molecule has 3 atom stereocenters. The third kappa shape index (κ3) is 6.17. The Morgan fingerprint density at radius 3 is 2.31 bits per heavy atom. The minimum Gasteiger partial charge on any atom is -0.444 e. The van der Waals surface area contributed by atoms with Gasteiger partial charge in [-0.05, 0) is 34.6 Å². The summed E-state index contributed by atoms with van der Waals surface area (Å²) in [6, 6.07) is -0.609. The summed E-state index contributed by atoms with van der Waals surface area (Å²) in [4.78, 5) is 25.8. The maximum absolute atomic E-state index is 12.8. The van der Waals surface area contributed by atoms with E-state index in [2.05, 4.69) is 0 Å². The van der Waals surface area contributed by atoms with Crippen LogP contribution in [-0.4, -0.2) is 81.3 Å². The smallest absolute Gasteiger partial charge is 0.412 e. The Morgan fingerprint density at radius 1 is 1.23 bits per heavy atom. The maximum Gasteiger partial charge on any atom is 0.412 e. The van der Waals surface area contributed by atoms with Crippen LogP contribution in [0.15, 0.2) is 0 Å². The highest BCUT2D eigenvalue weighted by atomic mass is 16.7. The van der Waals surface area contributed by atoms with E-state index >= 15 is 0 Å². The van der Waals surface area contributed by atoms with E-state index in [1.807, 2.05) is 0 Å². The van der Waals surface area contributed by atoms with E-state index in [4.69, 9.17) is 28.4 Å². The highest BCUT2D eigenvalue weighted by Gasteiger charge is 2.51. The summed E-state index contributed by atoms with van der Waals surface area (Å²) in [5, 5.41) is 0. The SMILES string of the molecule is COCO[C@H]([C@H](C=O)OCOC)[C@@H]1COC(C)(C)N1C(=O)OC(C)(C)C. The fourth-order valence-electron chi connectivity index (χ4n) is 2.67. The van der Waals surface area contributed by atoms with Crippen molar-refractivity contribution in [2.75, 3.05) is 34.4 Å². The van der Waals surface area contributed by atoms with Gasteiger partial charge in [0.25, 0.3) is 0 Å². The Bertz CT molecular complexity index is 462. The Balaban J connectivity index is 3.11. The second-order valence-corrected chi connectivity index (χ2v) is 7.39. The minimum atomic E-state index is -0.975. The van der Waals surface area contributed by atoms with Gasteiger partial charge >= 0.3 is 6.09 Å². The van der Waals surface area contributed by atoms with Crippen molar-refractivity contribution in [2.45, 2.75) is 64.2 Å². The lowest BCUT2D eigenvalue weighted by atomic mass is 10.0. The number of hydrogen-bond donors (Lipinski definition) is 0. The molecule has 0 N–H and O–H groups in total. The normalized spacial score (nSPS) is 22.1. The number of rotatable bonds is 9. The molecule has 26 heavy (non-hydrogen) atoms. The summed E-state index contributed by atoms with van der Waals surface area (Å²) in [5.41, 5.74) is -1.61. The first kappa shape index (κ1) is 22.8. The van der Waals surface area contributed by atoms with Gasteiger partial charge in [-0.15, -0.1) is 0 Å². The number of hydrogen-bond acceptors (Lipinski definition) is 8. The third-order valence-corrected chi connectivity index (χ3v) is 3.70. The zero-order valence-electron chi connectivity index (χ0n) is 16.6. The zero-order valence-corrected chi connectivity index (χ0v) is 16.6. The fourth-order valence-corrected chi connectivity index (χ4v) is 2.67. The van der Waals surface area contributed by atoms with Gasteiger partial charge in [-0.25, -0.2) is 4.79 Å². The van der Waals surface area contributed by atoms with Gasteiger partial charge in [0.2, 0.25) is 0 Å². The van der Waals surface area contributed by atoms with Gasteiger partial charge < -0.3 is 33.2 Å². The van der Waals surface area contributed by atoms with Gasteiger partial charge in [0, 0.05) is 14.2 Å². The fraction of sp³-hybridized carbons (Fsp3) is 0.882. The molecular formula is C17H31NO8. The van der Waals surface area contributed by atoms with Gasteiger partial charge in [-0.2, -0.15) is 0 Å². The molecule has 0 aliphatic carbocycles. The molecule has 152 valence electrons. The number of nitrogens with zero attached hydrogens (tertiary/aromatic N) is 1. The molecule has 0 aromatic carbocycles. The predicted octanol–water partition coefficient (Wildman–Crippen LogP) is 1.54. The van der Waals surface area contributed by atoms with Crippen molar-refractivity contribution in [3.8, 4) is 0 Å². The molecule has 0 aromatic rings. The molecule has 0 saturated carbocycles. The second kappa shape index (κ2) is 9.61. The van der Waals surface area contributed by atoms with Gasteiger partial charge in [0.15, 0.2) is 6.29 Å². The number of ether oxygens (including phenoxy) is 6. The number of aldehydes is 1. The van der Waals surface area contributed by atoms with E-state index in [0.29, 0.717) is 6.29 Å². The minimum absolute atomic E-state index is 0.0789. The monoisotopic (exact) mass is 377 g/mol. The predicted molar refractivity (Wildman–Crippen MR) is 91.5 cm³/mol. The van der Waals surface area contributed by atoms with Crippen molar-refractivity contribution >= 4 is 12.4 Å². The van der Waals surface area contributed by atoms with E-state index in [0.717, 1.165) is 0 Å². The lowest BCUT2D eigenvalue weighted by molar-refractivity contribution is -0.174. The molecule has 0 aromatic heterocycles. The van der Waals surface area contributed by atoms with Crippen molar-refractivity contribution in [2.24, 2.45) is 0 Å². The number of amides is 1. The molecule has 0 radical (unpaired) electrons. The summed E-state index contributed by atoms with van der Waals surface area (Å²) < 4.78 is 32.2. The van der Waals surface area contributed by atoms with Crippen LogP contribution >= 0.6 is 0 Å². The molecule has 1 aliphatic rings. The van der Waals surface area contributed by atoms with Crippen LogP contribution in [0.3, 0.4) is 0 Å². The molecule has 1 rings (SSSR count). The number of carbonyl (C=O) groups excluding carboxylic acids is 2. The first-order chi connectivity index (χ1) is 12.1. The van der Waals surface area contributed by atoms with Gasteiger partial charge in [-0.1, -0.05) is 0 Å².